The summed E-state index contributed by atoms with van der Waals surface area (Å²) in [5, 5.41) is 36.5. The van der Waals surface area contributed by atoms with E-state index in [0.29, 0.717) is 6.42 Å². The maximum absolute atomic E-state index is 9.28. The molecule has 5 atom stereocenters. The molecule has 5 heteroatoms. The van der Waals surface area contributed by atoms with Gasteiger partial charge in [-0.3, -0.25) is 0 Å². The minimum absolute atomic E-state index is 0.474. The smallest absolute Gasteiger partial charge is 0.183 e. The second-order valence-electron chi connectivity index (χ2n) is 2.95. The van der Waals surface area contributed by atoms with E-state index in [2.05, 4.69) is 0 Å². The number of aliphatic hydroxyl groups excluding tert-OH is 4. The number of hydrogen-bond donors (Lipinski definition) is 4. The van der Waals surface area contributed by atoms with E-state index in [4.69, 9.17) is 14.9 Å². The van der Waals surface area contributed by atoms with Gasteiger partial charge in [-0.05, 0) is 6.42 Å². The molecule has 0 aromatic carbocycles. The van der Waals surface area contributed by atoms with Gasteiger partial charge in [0.15, 0.2) is 6.29 Å². The van der Waals surface area contributed by atoms with Crippen molar-refractivity contribution in [1.29, 1.82) is 0 Å². The van der Waals surface area contributed by atoms with Crippen LogP contribution >= 0.6 is 0 Å². The Kier molecular flexibility index (Phi) is 3.03. The molecule has 0 aliphatic carbocycles. The molecule has 72 valence electrons. The van der Waals surface area contributed by atoms with Crippen LogP contribution in [-0.2, 0) is 4.74 Å². The van der Waals surface area contributed by atoms with Crippen molar-refractivity contribution < 1.29 is 25.2 Å². The summed E-state index contributed by atoms with van der Waals surface area (Å²) in [7, 11) is 0. The van der Waals surface area contributed by atoms with E-state index < -0.39 is 30.7 Å². The van der Waals surface area contributed by atoms with Gasteiger partial charge in [0, 0.05) is 0 Å². The molecule has 1 aliphatic rings. The fraction of sp³-hybridized carbons (Fsp3) is 1.00. The van der Waals surface area contributed by atoms with Crippen molar-refractivity contribution in [2.75, 3.05) is 0 Å². The van der Waals surface area contributed by atoms with Crippen LogP contribution in [0.25, 0.3) is 0 Å². The third kappa shape index (κ3) is 1.60. The molecular weight excluding hydrogens is 164 g/mol. The lowest BCUT2D eigenvalue weighted by Gasteiger charge is -2.37. The summed E-state index contributed by atoms with van der Waals surface area (Å²) in [5.41, 5.74) is 0. The van der Waals surface area contributed by atoms with Crippen LogP contribution in [0.5, 0.6) is 0 Å². The molecule has 4 unspecified atom stereocenters. The van der Waals surface area contributed by atoms with Crippen molar-refractivity contribution in [3.63, 3.8) is 0 Å². The van der Waals surface area contributed by atoms with Gasteiger partial charge in [-0.25, -0.2) is 0 Å². The second-order valence-corrected chi connectivity index (χ2v) is 2.95. The van der Waals surface area contributed by atoms with Crippen molar-refractivity contribution >= 4 is 0 Å². The Morgan fingerprint density at radius 1 is 1.00 bits per heavy atom. The molecule has 5 nitrogen and oxygen atoms in total. The minimum atomic E-state index is -1.43. The van der Waals surface area contributed by atoms with Crippen molar-refractivity contribution in [2.45, 2.75) is 44.1 Å². The van der Waals surface area contributed by atoms with Gasteiger partial charge in [0.05, 0.1) is 6.10 Å². The zero-order valence-corrected chi connectivity index (χ0v) is 6.79. The number of ether oxygens (including phenoxy) is 1. The lowest BCUT2D eigenvalue weighted by molar-refractivity contribution is -0.281. The first-order valence-corrected chi connectivity index (χ1v) is 3.95. The molecule has 0 aromatic rings. The topological polar surface area (TPSA) is 90.2 Å². The molecule has 0 amide bonds. The largest absolute Gasteiger partial charge is 0.388 e. The molecule has 12 heavy (non-hydrogen) atoms. The van der Waals surface area contributed by atoms with E-state index in [0.717, 1.165) is 0 Å². The summed E-state index contributed by atoms with van der Waals surface area (Å²) in [6, 6.07) is 0. The summed E-state index contributed by atoms with van der Waals surface area (Å²) in [6.07, 6.45) is -5.44. The van der Waals surface area contributed by atoms with E-state index in [1.807, 2.05) is 0 Å². The quantitative estimate of drug-likeness (QED) is 0.380. The summed E-state index contributed by atoms with van der Waals surface area (Å²) in [6.45, 7) is 1.75. The molecule has 0 aromatic heterocycles. The lowest BCUT2D eigenvalue weighted by Crippen LogP contribution is -2.57. The Morgan fingerprint density at radius 3 is 2.08 bits per heavy atom. The Labute approximate surface area is 70.2 Å². The second kappa shape index (κ2) is 3.68. The molecule has 4 N–H and O–H groups in total. The summed E-state index contributed by atoms with van der Waals surface area (Å²) in [5.74, 6) is 0. The molecule has 0 spiro atoms. The standard InChI is InChI=1S/C7H14O5/c1-2-3-4(8)5(9)6(10)7(11)12-3/h3-11H,2H2,1H3/t3-,4?,5?,6?,7?/m1/s1. The van der Waals surface area contributed by atoms with Gasteiger partial charge in [0.25, 0.3) is 0 Å². The minimum Gasteiger partial charge on any atom is -0.388 e. The third-order valence-electron chi connectivity index (χ3n) is 2.09. The van der Waals surface area contributed by atoms with Crippen LogP contribution in [-0.4, -0.2) is 51.1 Å². The van der Waals surface area contributed by atoms with Gasteiger partial charge in [-0.15, -0.1) is 0 Å². The third-order valence-corrected chi connectivity index (χ3v) is 2.09. The Hall–Kier alpha value is -0.200. The maximum atomic E-state index is 9.28. The van der Waals surface area contributed by atoms with Crippen LogP contribution in [0.4, 0.5) is 0 Å². The fourth-order valence-corrected chi connectivity index (χ4v) is 1.27. The van der Waals surface area contributed by atoms with Crippen molar-refractivity contribution in [3.05, 3.63) is 0 Å². The van der Waals surface area contributed by atoms with E-state index >= 15 is 0 Å². The first kappa shape index (κ1) is 9.88. The van der Waals surface area contributed by atoms with E-state index in [9.17, 15) is 10.2 Å². The average molecular weight is 178 g/mol. The molecule has 1 heterocycles. The monoisotopic (exact) mass is 178 g/mol. The molecular formula is C7H14O5. The fourth-order valence-electron chi connectivity index (χ4n) is 1.27. The molecule has 1 saturated heterocycles. The predicted octanol–water partition coefficient (Wildman–Crippen LogP) is -1.80. The van der Waals surface area contributed by atoms with Gasteiger partial charge < -0.3 is 25.2 Å². The van der Waals surface area contributed by atoms with Crippen LogP contribution in [0.2, 0.25) is 0 Å². The highest BCUT2D eigenvalue weighted by Crippen LogP contribution is 2.21. The highest BCUT2D eigenvalue weighted by atomic mass is 16.6. The number of aliphatic hydroxyl groups is 4. The molecule has 0 saturated carbocycles. The maximum Gasteiger partial charge on any atom is 0.183 e. The van der Waals surface area contributed by atoms with E-state index in [1.165, 1.54) is 0 Å². The van der Waals surface area contributed by atoms with Gasteiger partial charge in [0.2, 0.25) is 0 Å². The molecule has 0 bridgehead atoms. The number of rotatable bonds is 1. The first-order chi connectivity index (χ1) is 5.57. The van der Waals surface area contributed by atoms with Crippen molar-refractivity contribution in [3.8, 4) is 0 Å². The molecule has 1 aliphatic heterocycles. The van der Waals surface area contributed by atoms with Gasteiger partial charge >= 0.3 is 0 Å². The zero-order valence-electron chi connectivity index (χ0n) is 6.79. The van der Waals surface area contributed by atoms with Gasteiger partial charge in [-0.2, -0.15) is 0 Å². The van der Waals surface area contributed by atoms with Crippen molar-refractivity contribution in [1.82, 2.24) is 0 Å². The Morgan fingerprint density at radius 2 is 1.58 bits per heavy atom. The Balaban J connectivity index is 2.63. The number of hydrogen-bond acceptors (Lipinski definition) is 5. The SMILES string of the molecule is CC[C@H]1OC(O)C(O)C(O)C1O. The summed E-state index contributed by atoms with van der Waals surface area (Å²) < 4.78 is 4.83. The van der Waals surface area contributed by atoms with Crippen LogP contribution in [0.15, 0.2) is 0 Å². The lowest BCUT2D eigenvalue weighted by atomic mass is 9.97. The van der Waals surface area contributed by atoms with Crippen LogP contribution in [0.3, 0.4) is 0 Å². The average Bonchev–Trinajstić information content (AvgIpc) is 2.08. The van der Waals surface area contributed by atoms with E-state index in [1.54, 1.807) is 6.92 Å². The molecule has 0 radical (unpaired) electrons. The van der Waals surface area contributed by atoms with Gasteiger partial charge in [0.1, 0.15) is 18.3 Å². The van der Waals surface area contributed by atoms with Crippen LogP contribution in [0.1, 0.15) is 13.3 Å². The van der Waals surface area contributed by atoms with E-state index in [-0.39, 0.29) is 0 Å². The highest BCUT2D eigenvalue weighted by molar-refractivity contribution is 4.87. The molecule has 1 rings (SSSR count). The highest BCUT2D eigenvalue weighted by Gasteiger charge is 2.41. The normalized spacial score (nSPS) is 49.2. The Bertz CT molecular complexity index is 146. The summed E-state index contributed by atoms with van der Waals surface area (Å²) >= 11 is 0. The zero-order chi connectivity index (χ0) is 9.30. The molecule has 1 fully saturated rings. The summed E-state index contributed by atoms with van der Waals surface area (Å²) in [4.78, 5) is 0. The van der Waals surface area contributed by atoms with Crippen LogP contribution < -0.4 is 0 Å². The van der Waals surface area contributed by atoms with Crippen molar-refractivity contribution in [2.24, 2.45) is 0 Å². The van der Waals surface area contributed by atoms with Crippen LogP contribution in [0, 0.1) is 0 Å². The predicted molar refractivity (Wildman–Crippen MR) is 39.2 cm³/mol. The van der Waals surface area contributed by atoms with Gasteiger partial charge in [-0.1, -0.05) is 6.92 Å². The first-order valence-electron chi connectivity index (χ1n) is 3.95.